The summed E-state index contributed by atoms with van der Waals surface area (Å²) >= 11 is 3.38. The minimum Gasteiger partial charge on any atom is -0.398 e. The first-order valence-electron chi connectivity index (χ1n) is 6.48. The van der Waals surface area contributed by atoms with Crippen LogP contribution in [0.15, 0.2) is 41.0 Å². The molecule has 1 aliphatic heterocycles. The summed E-state index contributed by atoms with van der Waals surface area (Å²) < 4.78 is 0.709. The van der Waals surface area contributed by atoms with Crippen molar-refractivity contribution in [1.29, 1.82) is 0 Å². The van der Waals surface area contributed by atoms with Crippen LogP contribution in [0.1, 0.15) is 22.5 Å². The smallest absolute Gasteiger partial charge is 0.278 e. The number of rotatable bonds is 1. The number of halogens is 1. The number of aromatic nitrogens is 1. The Balaban J connectivity index is 2.03. The first-order valence-corrected chi connectivity index (χ1v) is 7.27. The second kappa shape index (κ2) is 5.25. The van der Waals surface area contributed by atoms with Crippen molar-refractivity contribution in [2.75, 3.05) is 17.2 Å². The molecule has 1 amide bonds. The predicted octanol–water partition coefficient (Wildman–Crippen LogP) is 3.02. The van der Waals surface area contributed by atoms with Gasteiger partial charge in [-0.2, -0.15) is 0 Å². The molecule has 2 N–H and O–H groups in total. The average molecular weight is 332 g/mol. The van der Waals surface area contributed by atoms with Gasteiger partial charge < -0.3 is 10.6 Å². The molecular weight excluding hydrogens is 318 g/mol. The van der Waals surface area contributed by atoms with Gasteiger partial charge in [0.05, 0.1) is 0 Å². The maximum Gasteiger partial charge on any atom is 0.278 e. The molecule has 2 heterocycles. The minimum atomic E-state index is -0.0935. The van der Waals surface area contributed by atoms with Gasteiger partial charge in [0.25, 0.3) is 5.91 Å². The van der Waals surface area contributed by atoms with Crippen molar-refractivity contribution in [2.24, 2.45) is 0 Å². The molecule has 0 saturated heterocycles. The van der Waals surface area contributed by atoms with E-state index in [1.54, 1.807) is 17.2 Å². The van der Waals surface area contributed by atoms with Gasteiger partial charge in [-0.1, -0.05) is 6.07 Å². The molecule has 0 unspecified atom stereocenters. The fraction of sp³-hybridized carbons (Fsp3) is 0.200. The Morgan fingerprint density at radius 3 is 2.95 bits per heavy atom. The molecule has 1 aromatic carbocycles. The van der Waals surface area contributed by atoms with Gasteiger partial charge in [0.2, 0.25) is 0 Å². The maximum absolute atomic E-state index is 12.7. The molecule has 2 aromatic rings. The number of hydrogen-bond donors (Lipinski definition) is 1. The van der Waals surface area contributed by atoms with Crippen molar-refractivity contribution in [1.82, 2.24) is 4.98 Å². The number of amides is 1. The highest BCUT2D eigenvalue weighted by atomic mass is 79.9. The van der Waals surface area contributed by atoms with Crippen LogP contribution >= 0.6 is 15.9 Å². The molecule has 20 heavy (non-hydrogen) atoms. The Morgan fingerprint density at radius 2 is 2.15 bits per heavy atom. The molecule has 0 bridgehead atoms. The molecule has 102 valence electrons. The Hall–Kier alpha value is -1.88. The first kappa shape index (κ1) is 13.1. The van der Waals surface area contributed by atoms with E-state index in [1.807, 2.05) is 24.3 Å². The Bertz CT molecular complexity index is 672. The van der Waals surface area contributed by atoms with Crippen LogP contribution in [0.4, 0.5) is 11.4 Å². The number of benzene rings is 1. The van der Waals surface area contributed by atoms with Crippen LogP contribution in [0.5, 0.6) is 0 Å². The van der Waals surface area contributed by atoms with Crippen LogP contribution in [0.2, 0.25) is 0 Å². The third-order valence-corrected chi connectivity index (χ3v) is 4.13. The number of fused-ring (bicyclic) bond motifs is 1. The number of carbonyl (C=O) groups is 1. The fourth-order valence-corrected chi connectivity index (χ4v) is 2.96. The molecule has 0 aliphatic carbocycles. The normalized spacial score (nSPS) is 13.9. The van der Waals surface area contributed by atoms with E-state index in [9.17, 15) is 4.79 Å². The van der Waals surface area contributed by atoms with E-state index in [0.29, 0.717) is 16.7 Å². The zero-order chi connectivity index (χ0) is 14.1. The van der Waals surface area contributed by atoms with Crippen LogP contribution in [0, 0.1) is 0 Å². The lowest BCUT2D eigenvalue weighted by molar-refractivity contribution is 0.0979. The minimum absolute atomic E-state index is 0.0935. The summed E-state index contributed by atoms with van der Waals surface area (Å²) in [6, 6.07) is 9.32. The number of nitrogens with zero attached hydrogens (tertiary/aromatic N) is 2. The van der Waals surface area contributed by atoms with E-state index in [2.05, 4.69) is 20.9 Å². The second-order valence-corrected chi connectivity index (χ2v) is 5.59. The lowest BCUT2D eigenvalue weighted by atomic mass is 9.99. The van der Waals surface area contributed by atoms with Gasteiger partial charge in [0, 0.05) is 28.6 Å². The third-order valence-electron chi connectivity index (χ3n) is 3.49. The molecule has 4 nitrogen and oxygen atoms in total. The molecule has 0 radical (unpaired) electrons. The van der Waals surface area contributed by atoms with Crippen LogP contribution in [0.3, 0.4) is 0 Å². The summed E-state index contributed by atoms with van der Waals surface area (Å²) in [6.07, 6.45) is 3.45. The van der Waals surface area contributed by atoms with Crippen LogP contribution in [-0.2, 0) is 6.42 Å². The topological polar surface area (TPSA) is 59.2 Å². The highest BCUT2D eigenvalue weighted by Crippen LogP contribution is 2.32. The molecule has 1 aliphatic rings. The van der Waals surface area contributed by atoms with Crippen LogP contribution in [-0.4, -0.2) is 17.4 Å². The highest BCUT2D eigenvalue weighted by molar-refractivity contribution is 9.10. The van der Waals surface area contributed by atoms with E-state index in [4.69, 9.17) is 5.73 Å². The van der Waals surface area contributed by atoms with Crippen molar-refractivity contribution in [3.63, 3.8) is 0 Å². The van der Waals surface area contributed by atoms with Gasteiger partial charge >= 0.3 is 0 Å². The van der Waals surface area contributed by atoms with Gasteiger partial charge in [0.1, 0.15) is 5.69 Å². The number of anilines is 2. The van der Waals surface area contributed by atoms with E-state index in [-0.39, 0.29) is 5.91 Å². The van der Waals surface area contributed by atoms with Gasteiger partial charge in [-0.15, -0.1) is 0 Å². The summed E-state index contributed by atoms with van der Waals surface area (Å²) in [5, 5.41) is 0. The molecule has 3 rings (SSSR count). The monoisotopic (exact) mass is 331 g/mol. The summed E-state index contributed by atoms with van der Waals surface area (Å²) in [6.45, 7) is 0.693. The number of nitrogens with two attached hydrogens (primary N) is 1. The van der Waals surface area contributed by atoms with Gasteiger partial charge in [-0.3, -0.25) is 4.79 Å². The van der Waals surface area contributed by atoms with Crippen LogP contribution in [0.25, 0.3) is 0 Å². The largest absolute Gasteiger partial charge is 0.398 e. The summed E-state index contributed by atoms with van der Waals surface area (Å²) in [5.41, 5.74) is 9.15. The molecular formula is C15H14BrN3O. The summed E-state index contributed by atoms with van der Waals surface area (Å²) in [7, 11) is 0. The standard InChI is InChI=1S/C15H14BrN3O/c16-11-5-2-8-18-14(11)15(20)19-9-3-4-10-12(17)6-1-7-13(10)19/h1-2,5-8H,3-4,9,17H2. The van der Waals surface area contributed by atoms with E-state index in [0.717, 1.165) is 29.8 Å². The van der Waals surface area contributed by atoms with Crippen LogP contribution < -0.4 is 10.6 Å². The Labute approximate surface area is 125 Å². The lowest BCUT2D eigenvalue weighted by Crippen LogP contribution is -2.36. The van der Waals surface area contributed by atoms with Crippen molar-refractivity contribution in [3.8, 4) is 0 Å². The molecule has 5 heteroatoms. The Morgan fingerprint density at radius 1 is 1.30 bits per heavy atom. The quantitative estimate of drug-likeness (QED) is 0.817. The van der Waals surface area contributed by atoms with E-state index in [1.165, 1.54) is 0 Å². The Kier molecular flexibility index (Phi) is 3.44. The zero-order valence-corrected chi connectivity index (χ0v) is 12.4. The average Bonchev–Trinajstić information content (AvgIpc) is 2.47. The molecule has 1 aromatic heterocycles. The number of pyridine rings is 1. The maximum atomic E-state index is 12.7. The van der Waals surface area contributed by atoms with E-state index >= 15 is 0 Å². The van der Waals surface area contributed by atoms with E-state index < -0.39 is 0 Å². The fourth-order valence-electron chi connectivity index (χ4n) is 2.53. The zero-order valence-electron chi connectivity index (χ0n) is 10.8. The molecule has 0 saturated carbocycles. The highest BCUT2D eigenvalue weighted by Gasteiger charge is 2.26. The summed E-state index contributed by atoms with van der Waals surface area (Å²) in [4.78, 5) is 18.6. The lowest BCUT2D eigenvalue weighted by Gasteiger charge is -2.30. The third kappa shape index (κ3) is 2.18. The van der Waals surface area contributed by atoms with Gasteiger partial charge in [-0.05, 0) is 58.6 Å². The number of carbonyl (C=O) groups excluding carboxylic acids is 1. The predicted molar refractivity (Wildman–Crippen MR) is 82.8 cm³/mol. The van der Waals surface area contributed by atoms with Crippen molar-refractivity contribution >= 4 is 33.2 Å². The first-order chi connectivity index (χ1) is 9.68. The molecule has 0 fully saturated rings. The van der Waals surface area contributed by atoms with Crippen molar-refractivity contribution < 1.29 is 4.79 Å². The summed E-state index contributed by atoms with van der Waals surface area (Å²) in [5.74, 6) is -0.0935. The SMILES string of the molecule is Nc1cccc2c1CCCN2C(=O)c1ncccc1Br. The van der Waals surface area contributed by atoms with Crippen molar-refractivity contribution in [3.05, 3.63) is 52.3 Å². The van der Waals surface area contributed by atoms with Gasteiger partial charge in [0.15, 0.2) is 0 Å². The second-order valence-electron chi connectivity index (χ2n) is 4.74. The van der Waals surface area contributed by atoms with Crippen molar-refractivity contribution in [2.45, 2.75) is 12.8 Å². The molecule has 0 atom stereocenters. The van der Waals surface area contributed by atoms with Gasteiger partial charge in [-0.25, -0.2) is 4.98 Å². The number of nitrogen functional groups attached to an aromatic ring is 1. The molecule has 0 spiro atoms. The number of hydrogen-bond acceptors (Lipinski definition) is 3.